The summed E-state index contributed by atoms with van der Waals surface area (Å²) in [4.78, 5) is 8.44. The highest BCUT2D eigenvalue weighted by molar-refractivity contribution is 7.13. The predicted octanol–water partition coefficient (Wildman–Crippen LogP) is 1.10. The van der Waals surface area contributed by atoms with E-state index in [0.29, 0.717) is 23.3 Å². The van der Waals surface area contributed by atoms with Gasteiger partial charge in [-0.3, -0.25) is 4.68 Å². The molecular weight excluding hydrogens is 252 g/mol. The lowest BCUT2D eigenvalue weighted by Crippen LogP contribution is -1.90. The molecule has 0 aliphatic rings. The fraction of sp³-hybridized carbons (Fsp3) is 0.200. The van der Waals surface area contributed by atoms with Gasteiger partial charge in [-0.25, -0.2) is 4.98 Å². The number of hydrogen-bond acceptors (Lipinski definition) is 7. The minimum absolute atomic E-state index is 0.487. The number of rotatable bonds is 3. The van der Waals surface area contributed by atoms with E-state index in [0.717, 1.165) is 11.3 Å². The second-order valence-corrected chi connectivity index (χ2v) is 4.66. The second-order valence-electron chi connectivity index (χ2n) is 3.77. The molecular formula is C10H10N6OS. The van der Waals surface area contributed by atoms with Crippen LogP contribution in [0.3, 0.4) is 0 Å². The average Bonchev–Trinajstić information content (AvgIpc) is 3.01. The summed E-state index contributed by atoms with van der Waals surface area (Å²) in [5.41, 5.74) is 7.22. The Balaban J connectivity index is 1.81. The molecule has 3 rings (SSSR count). The zero-order valence-electron chi connectivity index (χ0n) is 9.57. The molecule has 7 nitrogen and oxygen atoms in total. The normalized spacial score (nSPS) is 10.9. The standard InChI is InChI=1S/C10H10N6OS/c1-16-4-6(3-12-16)9-14-8(17-15-9)2-7-5-18-10(11)13-7/h3-5H,2H2,1H3,(H2,11,13). The first-order valence-electron chi connectivity index (χ1n) is 5.22. The molecule has 0 bridgehead atoms. The van der Waals surface area contributed by atoms with Gasteiger partial charge in [-0.1, -0.05) is 5.16 Å². The Bertz CT molecular complexity index is 669. The summed E-state index contributed by atoms with van der Waals surface area (Å²) in [6.45, 7) is 0. The molecule has 0 saturated heterocycles. The molecule has 0 aliphatic carbocycles. The van der Waals surface area contributed by atoms with Crippen LogP contribution in [0.25, 0.3) is 11.4 Å². The topological polar surface area (TPSA) is 95.7 Å². The molecule has 0 atom stereocenters. The predicted molar refractivity (Wildman–Crippen MR) is 65.8 cm³/mol. The first-order valence-corrected chi connectivity index (χ1v) is 6.10. The van der Waals surface area contributed by atoms with E-state index in [1.54, 1.807) is 10.9 Å². The van der Waals surface area contributed by atoms with Gasteiger partial charge in [0.2, 0.25) is 11.7 Å². The van der Waals surface area contributed by atoms with Crippen LogP contribution in [0.4, 0.5) is 5.13 Å². The number of hydrogen-bond donors (Lipinski definition) is 1. The quantitative estimate of drug-likeness (QED) is 0.759. The summed E-state index contributed by atoms with van der Waals surface area (Å²) < 4.78 is 6.85. The Morgan fingerprint density at radius 1 is 1.44 bits per heavy atom. The number of nitrogens with zero attached hydrogens (tertiary/aromatic N) is 5. The van der Waals surface area contributed by atoms with Crippen molar-refractivity contribution in [3.05, 3.63) is 29.4 Å². The first-order chi connectivity index (χ1) is 8.70. The third-order valence-corrected chi connectivity index (χ3v) is 3.06. The van der Waals surface area contributed by atoms with Crippen LogP contribution in [0, 0.1) is 0 Å². The molecule has 0 aromatic carbocycles. The van der Waals surface area contributed by atoms with E-state index in [9.17, 15) is 0 Å². The van der Waals surface area contributed by atoms with Gasteiger partial charge in [0, 0.05) is 18.6 Å². The van der Waals surface area contributed by atoms with Crippen molar-refractivity contribution in [2.24, 2.45) is 7.05 Å². The Hall–Kier alpha value is -2.22. The van der Waals surface area contributed by atoms with Crippen molar-refractivity contribution in [1.29, 1.82) is 0 Å². The molecule has 0 fully saturated rings. The lowest BCUT2D eigenvalue weighted by molar-refractivity contribution is 0.385. The van der Waals surface area contributed by atoms with Crippen molar-refractivity contribution in [2.45, 2.75) is 6.42 Å². The number of nitrogens with two attached hydrogens (primary N) is 1. The monoisotopic (exact) mass is 262 g/mol. The van der Waals surface area contributed by atoms with Crippen molar-refractivity contribution in [3.8, 4) is 11.4 Å². The average molecular weight is 262 g/mol. The van der Waals surface area contributed by atoms with Crippen molar-refractivity contribution < 1.29 is 4.52 Å². The van der Waals surface area contributed by atoms with E-state index >= 15 is 0 Å². The second kappa shape index (κ2) is 4.22. The van der Waals surface area contributed by atoms with E-state index in [-0.39, 0.29) is 0 Å². The molecule has 92 valence electrons. The molecule has 3 aromatic rings. The Morgan fingerprint density at radius 3 is 3.00 bits per heavy atom. The van der Waals surface area contributed by atoms with Crippen LogP contribution in [0.15, 0.2) is 22.3 Å². The summed E-state index contributed by atoms with van der Waals surface area (Å²) >= 11 is 1.39. The third-order valence-electron chi connectivity index (χ3n) is 2.33. The molecule has 18 heavy (non-hydrogen) atoms. The Labute approximate surface area is 106 Å². The van der Waals surface area contributed by atoms with Crippen LogP contribution in [0.5, 0.6) is 0 Å². The van der Waals surface area contributed by atoms with Crippen molar-refractivity contribution in [1.82, 2.24) is 24.9 Å². The molecule has 0 radical (unpaired) electrons. The van der Waals surface area contributed by atoms with E-state index < -0.39 is 0 Å². The van der Waals surface area contributed by atoms with Gasteiger partial charge >= 0.3 is 0 Å². The highest BCUT2D eigenvalue weighted by atomic mass is 32.1. The first kappa shape index (κ1) is 10.9. The van der Waals surface area contributed by atoms with Crippen LogP contribution in [0.1, 0.15) is 11.6 Å². The minimum atomic E-state index is 0.487. The summed E-state index contributed by atoms with van der Waals surface area (Å²) in [7, 11) is 1.84. The summed E-state index contributed by atoms with van der Waals surface area (Å²) in [6.07, 6.45) is 4.01. The lowest BCUT2D eigenvalue weighted by Gasteiger charge is -1.87. The minimum Gasteiger partial charge on any atom is -0.375 e. The molecule has 0 aliphatic heterocycles. The van der Waals surface area contributed by atoms with E-state index in [4.69, 9.17) is 10.3 Å². The third kappa shape index (κ3) is 2.09. The molecule has 0 amide bonds. The molecule has 0 spiro atoms. The van der Waals surface area contributed by atoms with Crippen LogP contribution in [0.2, 0.25) is 0 Å². The fourth-order valence-corrected chi connectivity index (χ4v) is 2.10. The van der Waals surface area contributed by atoms with E-state index in [1.165, 1.54) is 11.3 Å². The molecule has 0 unspecified atom stereocenters. The van der Waals surface area contributed by atoms with Crippen molar-refractivity contribution >= 4 is 16.5 Å². The number of thiazole rings is 1. The number of anilines is 1. The van der Waals surface area contributed by atoms with Crippen molar-refractivity contribution in [3.63, 3.8) is 0 Å². The molecule has 3 aromatic heterocycles. The van der Waals surface area contributed by atoms with Crippen LogP contribution in [-0.4, -0.2) is 24.9 Å². The lowest BCUT2D eigenvalue weighted by atomic mass is 10.3. The fourth-order valence-electron chi connectivity index (χ4n) is 1.54. The van der Waals surface area contributed by atoms with Gasteiger partial charge in [-0.2, -0.15) is 10.1 Å². The van der Waals surface area contributed by atoms with Gasteiger partial charge < -0.3 is 10.3 Å². The van der Waals surface area contributed by atoms with Gasteiger partial charge in [-0.15, -0.1) is 11.3 Å². The zero-order chi connectivity index (χ0) is 12.5. The van der Waals surface area contributed by atoms with Crippen LogP contribution >= 0.6 is 11.3 Å². The van der Waals surface area contributed by atoms with Crippen LogP contribution in [-0.2, 0) is 13.5 Å². The number of aromatic nitrogens is 5. The number of aryl methyl sites for hydroxylation is 1. The smallest absolute Gasteiger partial charge is 0.233 e. The van der Waals surface area contributed by atoms with Gasteiger partial charge in [0.25, 0.3) is 0 Å². The maximum Gasteiger partial charge on any atom is 0.233 e. The SMILES string of the molecule is Cn1cc(-c2noc(Cc3csc(N)n3)n2)cn1. The maximum absolute atomic E-state index is 5.56. The van der Waals surface area contributed by atoms with Crippen LogP contribution < -0.4 is 5.73 Å². The Kier molecular flexibility index (Phi) is 2.56. The maximum atomic E-state index is 5.56. The van der Waals surface area contributed by atoms with E-state index in [1.807, 2.05) is 18.6 Å². The summed E-state index contributed by atoms with van der Waals surface area (Å²) in [6, 6.07) is 0. The molecule has 8 heteroatoms. The Morgan fingerprint density at radius 2 is 2.33 bits per heavy atom. The highest BCUT2D eigenvalue weighted by Crippen LogP contribution is 2.17. The van der Waals surface area contributed by atoms with Crippen molar-refractivity contribution in [2.75, 3.05) is 5.73 Å². The highest BCUT2D eigenvalue weighted by Gasteiger charge is 2.11. The summed E-state index contributed by atoms with van der Waals surface area (Å²) in [5.74, 6) is 1.04. The van der Waals surface area contributed by atoms with Gasteiger partial charge in [0.05, 0.1) is 23.9 Å². The zero-order valence-corrected chi connectivity index (χ0v) is 10.4. The number of nitrogen functional groups attached to an aromatic ring is 1. The largest absolute Gasteiger partial charge is 0.375 e. The molecule has 0 saturated carbocycles. The van der Waals surface area contributed by atoms with Gasteiger partial charge in [-0.05, 0) is 0 Å². The summed E-state index contributed by atoms with van der Waals surface area (Å²) in [5, 5.41) is 10.4. The molecule has 2 N–H and O–H groups in total. The van der Waals surface area contributed by atoms with Gasteiger partial charge in [0.15, 0.2) is 5.13 Å². The van der Waals surface area contributed by atoms with E-state index in [2.05, 4.69) is 20.2 Å². The molecule has 3 heterocycles. The van der Waals surface area contributed by atoms with Gasteiger partial charge in [0.1, 0.15) is 0 Å².